The molecular weight excluding hydrogens is 270 g/mol. The summed E-state index contributed by atoms with van der Waals surface area (Å²) in [5.41, 5.74) is 0.707. The summed E-state index contributed by atoms with van der Waals surface area (Å²) in [6.07, 6.45) is 0.866. The van der Waals surface area contributed by atoms with Crippen LogP contribution in [0.5, 0.6) is 0 Å². The molecule has 0 aliphatic rings. The van der Waals surface area contributed by atoms with E-state index in [0.717, 1.165) is 23.6 Å². The zero-order chi connectivity index (χ0) is 14.8. The quantitative estimate of drug-likeness (QED) is 0.639. The number of hydrogen-bond donors (Lipinski definition) is 3. The third kappa shape index (κ3) is 2.74. The lowest BCUT2D eigenvalue weighted by Crippen LogP contribution is -2.28. The van der Waals surface area contributed by atoms with Gasteiger partial charge in [-0.2, -0.15) is 0 Å². The lowest BCUT2D eigenvalue weighted by molar-refractivity contribution is 0.476. The maximum atomic E-state index is 11.3. The standard InChI is InChI=1S/C15H15N3O3/c1-2-10-4-5-11(21-10)8-16-9-3-6-12-13(7-9)18-15(20)14(19)17-12/h3-7,16H,2,8H2,1H3,(H,17,19)(H,18,20). The van der Waals surface area contributed by atoms with Gasteiger partial charge in [-0.05, 0) is 30.3 Å². The van der Waals surface area contributed by atoms with E-state index in [1.165, 1.54) is 0 Å². The molecule has 0 aliphatic carbocycles. The third-order valence-electron chi connectivity index (χ3n) is 3.25. The summed E-state index contributed by atoms with van der Waals surface area (Å²) in [5, 5.41) is 3.22. The van der Waals surface area contributed by atoms with Crippen LogP contribution < -0.4 is 16.4 Å². The van der Waals surface area contributed by atoms with Crippen molar-refractivity contribution in [2.45, 2.75) is 19.9 Å². The van der Waals surface area contributed by atoms with Gasteiger partial charge in [-0.25, -0.2) is 0 Å². The Morgan fingerprint density at radius 1 is 1.00 bits per heavy atom. The smallest absolute Gasteiger partial charge is 0.314 e. The van der Waals surface area contributed by atoms with Crippen LogP contribution >= 0.6 is 0 Å². The first-order chi connectivity index (χ1) is 10.2. The zero-order valence-corrected chi connectivity index (χ0v) is 11.5. The molecule has 0 amide bonds. The molecule has 0 radical (unpaired) electrons. The number of aryl methyl sites for hydroxylation is 1. The van der Waals surface area contributed by atoms with Gasteiger partial charge in [-0.1, -0.05) is 6.92 Å². The average molecular weight is 285 g/mol. The van der Waals surface area contributed by atoms with Gasteiger partial charge in [-0.3, -0.25) is 9.59 Å². The van der Waals surface area contributed by atoms with E-state index in [0.29, 0.717) is 17.6 Å². The molecule has 0 saturated carbocycles. The highest BCUT2D eigenvalue weighted by Crippen LogP contribution is 2.16. The van der Waals surface area contributed by atoms with E-state index in [1.54, 1.807) is 12.1 Å². The van der Waals surface area contributed by atoms with Gasteiger partial charge in [0.1, 0.15) is 11.5 Å². The van der Waals surface area contributed by atoms with Crippen LogP contribution in [0.15, 0.2) is 44.3 Å². The summed E-state index contributed by atoms with van der Waals surface area (Å²) < 4.78 is 5.61. The Bertz CT molecular complexity index is 889. The van der Waals surface area contributed by atoms with E-state index in [-0.39, 0.29) is 0 Å². The van der Waals surface area contributed by atoms with Crippen molar-refractivity contribution in [3.8, 4) is 0 Å². The monoisotopic (exact) mass is 285 g/mol. The number of anilines is 1. The molecule has 3 rings (SSSR count). The first-order valence-electron chi connectivity index (χ1n) is 6.73. The number of rotatable bonds is 4. The maximum Gasteiger partial charge on any atom is 0.314 e. The van der Waals surface area contributed by atoms with Crippen molar-refractivity contribution in [2.75, 3.05) is 5.32 Å². The highest BCUT2D eigenvalue weighted by atomic mass is 16.3. The first kappa shape index (κ1) is 13.2. The van der Waals surface area contributed by atoms with Crippen LogP contribution in [0, 0.1) is 0 Å². The molecule has 0 unspecified atom stereocenters. The summed E-state index contributed by atoms with van der Waals surface area (Å²) in [4.78, 5) is 27.6. The van der Waals surface area contributed by atoms with Crippen molar-refractivity contribution in [3.05, 3.63) is 62.6 Å². The predicted octanol–water partition coefficient (Wildman–Crippen LogP) is 1.98. The van der Waals surface area contributed by atoms with Gasteiger partial charge in [0.2, 0.25) is 0 Å². The fraction of sp³-hybridized carbons (Fsp3) is 0.200. The van der Waals surface area contributed by atoms with E-state index in [9.17, 15) is 9.59 Å². The second-order valence-electron chi connectivity index (χ2n) is 4.74. The van der Waals surface area contributed by atoms with Crippen molar-refractivity contribution >= 4 is 16.7 Å². The van der Waals surface area contributed by atoms with Gasteiger partial charge in [0.15, 0.2) is 0 Å². The first-order valence-corrected chi connectivity index (χ1v) is 6.73. The molecule has 2 heterocycles. The molecule has 6 heteroatoms. The molecule has 21 heavy (non-hydrogen) atoms. The topological polar surface area (TPSA) is 90.9 Å². The molecular formula is C15H15N3O3. The molecule has 3 aromatic rings. The fourth-order valence-electron chi connectivity index (χ4n) is 2.12. The Labute approximate surface area is 119 Å². The second kappa shape index (κ2) is 5.32. The van der Waals surface area contributed by atoms with E-state index in [2.05, 4.69) is 15.3 Å². The molecule has 108 valence electrons. The number of furan rings is 1. The van der Waals surface area contributed by atoms with Gasteiger partial charge < -0.3 is 19.7 Å². The van der Waals surface area contributed by atoms with Crippen LogP contribution in [0.4, 0.5) is 5.69 Å². The Morgan fingerprint density at radius 3 is 2.43 bits per heavy atom. The van der Waals surface area contributed by atoms with Crippen molar-refractivity contribution in [3.63, 3.8) is 0 Å². The largest absolute Gasteiger partial charge is 0.464 e. The molecule has 0 atom stereocenters. The maximum absolute atomic E-state index is 11.3. The van der Waals surface area contributed by atoms with E-state index >= 15 is 0 Å². The summed E-state index contributed by atoms with van der Waals surface area (Å²) in [5.74, 6) is 1.80. The van der Waals surface area contributed by atoms with Crippen LogP contribution in [0.1, 0.15) is 18.4 Å². The van der Waals surface area contributed by atoms with Gasteiger partial charge >= 0.3 is 11.1 Å². The minimum atomic E-state index is -0.654. The van der Waals surface area contributed by atoms with Gasteiger partial charge in [0.25, 0.3) is 0 Å². The van der Waals surface area contributed by atoms with Crippen molar-refractivity contribution in [1.29, 1.82) is 0 Å². The van der Waals surface area contributed by atoms with Gasteiger partial charge in [0.05, 0.1) is 17.6 Å². The number of nitrogens with one attached hydrogen (secondary N) is 3. The Hall–Kier alpha value is -2.76. The third-order valence-corrected chi connectivity index (χ3v) is 3.25. The van der Waals surface area contributed by atoms with E-state index in [4.69, 9.17) is 4.42 Å². The Kier molecular flexibility index (Phi) is 3.35. The molecule has 0 fully saturated rings. The summed E-state index contributed by atoms with van der Waals surface area (Å²) in [7, 11) is 0. The van der Waals surface area contributed by atoms with Crippen molar-refractivity contribution < 1.29 is 4.42 Å². The van der Waals surface area contributed by atoms with Gasteiger partial charge in [-0.15, -0.1) is 0 Å². The summed E-state index contributed by atoms with van der Waals surface area (Å²) in [6, 6.07) is 9.25. The SMILES string of the molecule is CCc1ccc(CNc2ccc3[nH]c(=O)c(=O)[nH]c3c2)o1. The number of benzene rings is 1. The summed E-state index contributed by atoms with van der Waals surface area (Å²) >= 11 is 0. The van der Waals surface area contributed by atoms with Crippen LogP contribution in [0.3, 0.4) is 0 Å². The number of aromatic amines is 2. The Morgan fingerprint density at radius 2 is 1.71 bits per heavy atom. The minimum Gasteiger partial charge on any atom is -0.464 e. The second-order valence-corrected chi connectivity index (χ2v) is 4.74. The molecule has 0 saturated heterocycles. The van der Waals surface area contributed by atoms with Crippen molar-refractivity contribution in [2.24, 2.45) is 0 Å². The van der Waals surface area contributed by atoms with E-state index < -0.39 is 11.1 Å². The zero-order valence-electron chi connectivity index (χ0n) is 11.5. The molecule has 0 bridgehead atoms. The minimum absolute atomic E-state index is 0.555. The lowest BCUT2D eigenvalue weighted by atomic mass is 10.2. The normalized spacial score (nSPS) is 10.9. The Balaban J connectivity index is 1.82. The lowest BCUT2D eigenvalue weighted by Gasteiger charge is -2.05. The number of fused-ring (bicyclic) bond motifs is 1. The van der Waals surface area contributed by atoms with Gasteiger partial charge in [0, 0.05) is 12.1 Å². The highest BCUT2D eigenvalue weighted by Gasteiger charge is 2.03. The number of aromatic nitrogens is 2. The van der Waals surface area contributed by atoms with Crippen LogP contribution in [-0.4, -0.2) is 9.97 Å². The molecule has 0 aliphatic heterocycles. The number of hydrogen-bond acceptors (Lipinski definition) is 4. The van der Waals surface area contributed by atoms with E-state index in [1.807, 2.05) is 25.1 Å². The van der Waals surface area contributed by atoms with Crippen LogP contribution in [0.2, 0.25) is 0 Å². The number of H-pyrrole nitrogens is 2. The summed E-state index contributed by atoms with van der Waals surface area (Å²) in [6.45, 7) is 2.59. The molecule has 6 nitrogen and oxygen atoms in total. The predicted molar refractivity (Wildman–Crippen MR) is 80.6 cm³/mol. The van der Waals surface area contributed by atoms with Crippen LogP contribution in [-0.2, 0) is 13.0 Å². The molecule has 0 spiro atoms. The fourth-order valence-corrected chi connectivity index (χ4v) is 2.12. The molecule has 3 N–H and O–H groups in total. The molecule has 2 aromatic heterocycles. The molecule has 1 aromatic carbocycles. The van der Waals surface area contributed by atoms with Crippen molar-refractivity contribution in [1.82, 2.24) is 9.97 Å². The average Bonchev–Trinajstić information content (AvgIpc) is 2.94. The van der Waals surface area contributed by atoms with Crippen LogP contribution in [0.25, 0.3) is 11.0 Å². The highest BCUT2D eigenvalue weighted by molar-refractivity contribution is 5.78.